The van der Waals surface area contributed by atoms with Gasteiger partial charge in [-0.1, -0.05) is 13.8 Å². The zero-order valence-corrected chi connectivity index (χ0v) is 10.3. The van der Waals surface area contributed by atoms with E-state index in [0.29, 0.717) is 18.1 Å². The molecule has 0 aliphatic carbocycles. The van der Waals surface area contributed by atoms with Crippen LogP contribution in [-0.2, 0) is 0 Å². The summed E-state index contributed by atoms with van der Waals surface area (Å²) in [6.45, 7) is 8.70. The maximum Gasteiger partial charge on any atom is 0.248 e. The average Bonchev–Trinajstić information content (AvgIpc) is 2.19. The Labute approximate surface area is 96.6 Å². The lowest BCUT2D eigenvalue weighted by molar-refractivity contribution is 0.0999. The van der Waals surface area contributed by atoms with Crippen LogP contribution in [0.5, 0.6) is 5.75 Å². The first kappa shape index (κ1) is 12.6. The quantitative estimate of drug-likeness (QED) is 0.849. The van der Waals surface area contributed by atoms with E-state index in [1.807, 2.05) is 19.9 Å². The molecule has 16 heavy (non-hydrogen) atoms. The second kappa shape index (κ2) is 5.01. The number of primary amides is 1. The lowest BCUT2D eigenvalue weighted by Crippen LogP contribution is -2.14. The van der Waals surface area contributed by atoms with Gasteiger partial charge in [0.15, 0.2) is 0 Å². The van der Waals surface area contributed by atoms with E-state index in [9.17, 15) is 4.79 Å². The Bertz CT molecular complexity index is 397. The van der Waals surface area contributed by atoms with Crippen LogP contribution in [-0.4, -0.2) is 12.5 Å². The Morgan fingerprint density at radius 2 is 1.94 bits per heavy atom. The minimum absolute atomic E-state index is 0.393. The standard InChI is InChI=1S/C13H19NO2/c1-8(2)7-16-12-6-5-11(13(14)15)9(3)10(12)4/h5-6,8H,7H2,1-4H3,(H2,14,15). The Morgan fingerprint density at radius 1 is 1.31 bits per heavy atom. The van der Waals surface area contributed by atoms with Gasteiger partial charge in [-0.15, -0.1) is 0 Å². The number of rotatable bonds is 4. The highest BCUT2D eigenvalue weighted by Gasteiger charge is 2.11. The molecule has 88 valence electrons. The van der Waals surface area contributed by atoms with Crippen molar-refractivity contribution in [2.75, 3.05) is 6.61 Å². The summed E-state index contributed by atoms with van der Waals surface area (Å²) in [4.78, 5) is 11.1. The van der Waals surface area contributed by atoms with E-state index in [2.05, 4.69) is 13.8 Å². The second-order valence-corrected chi connectivity index (χ2v) is 4.43. The maximum absolute atomic E-state index is 11.1. The van der Waals surface area contributed by atoms with Crippen LogP contribution in [0.1, 0.15) is 35.3 Å². The fourth-order valence-electron chi connectivity index (χ4n) is 1.48. The molecule has 3 nitrogen and oxygen atoms in total. The lowest BCUT2D eigenvalue weighted by atomic mass is 10.0. The number of amides is 1. The molecule has 0 aliphatic heterocycles. The molecule has 0 atom stereocenters. The molecule has 0 fully saturated rings. The third-order valence-corrected chi connectivity index (χ3v) is 2.58. The van der Waals surface area contributed by atoms with Gasteiger partial charge in [0, 0.05) is 5.56 Å². The van der Waals surface area contributed by atoms with E-state index >= 15 is 0 Å². The second-order valence-electron chi connectivity index (χ2n) is 4.43. The van der Waals surface area contributed by atoms with Crippen LogP contribution in [0, 0.1) is 19.8 Å². The Morgan fingerprint density at radius 3 is 2.44 bits per heavy atom. The molecule has 0 heterocycles. The fourth-order valence-corrected chi connectivity index (χ4v) is 1.48. The molecule has 1 aromatic rings. The van der Waals surface area contributed by atoms with Crippen molar-refractivity contribution in [2.45, 2.75) is 27.7 Å². The van der Waals surface area contributed by atoms with E-state index in [4.69, 9.17) is 10.5 Å². The first-order valence-corrected chi connectivity index (χ1v) is 5.46. The monoisotopic (exact) mass is 221 g/mol. The third kappa shape index (κ3) is 2.75. The molecule has 2 N–H and O–H groups in total. The van der Waals surface area contributed by atoms with Crippen LogP contribution in [0.2, 0.25) is 0 Å². The van der Waals surface area contributed by atoms with Crippen LogP contribution in [0.15, 0.2) is 12.1 Å². The Hall–Kier alpha value is -1.51. The zero-order chi connectivity index (χ0) is 12.3. The van der Waals surface area contributed by atoms with Crippen molar-refractivity contribution in [3.8, 4) is 5.75 Å². The molecular weight excluding hydrogens is 202 g/mol. The van der Waals surface area contributed by atoms with Crippen molar-refractivity contribution in [2.24, 2.45) is 11.7 Å². The molecule has 0 radical (unpaired) electrons. The van der Waals surface area contributed by atoms with Crippen LogP contribution in [0.25, 0.3) is 0 Å². The number of carbonyl (C=O) groups excluding carboxylic acids is 1. The van der Waals surface area contributed by atoms with Crippen LogP contribution in [0.3, 0.4) is 0 Å². The topological polar surface area (TPSA) is 52.3 Å². The molecule has 0 aromatic heterocycles. The van der Waals surface area contributed by atoms with Gasteiger partial charge in [0.25, 0.3) is 0 Å². The van der Waals surface area contributed by atoms with Crippen molar-refractivity contribution >= 4 is 5.91 Å². The molecule has 3 heteroatoms. The van der Waals surface area contributed by atoms with E-state index in [0.717, 1.165) is 16.9 Å². The minimum atomic E-state index is -0.393. The number of hydrogen-bond donors (Lipinski definition) is 1. The molecule has 0 spiro atoms. The van der Waals surface area contributed by atoms with E-state index in [1.54, 1.807) is 6.07 Å². The summed E-state index contributed by atoms with van der Waals surface area (Å²) in [6.07, 6.45) is 0. The largest absolute Gasteiger partial charge is 0.493 e. The summed E-state index contributed by atoms with van der Waals surface area (Å²) in [5, 5.41) is 0. The highest BCUT2D eigenvalue weighted by Crippen LogP contribution is 2.24. The summed E-state index contributed by atoms with van der Waals surface area (Å²) in [7, 11) is 0. The van der Waals surface area contributed by atoms with E-state index in [-0.39, 0.29) is 0 Å². The van der Waals surface area contributed by atoms with Crippen LogP contribution in [0.4, 0.5) is 0 Å². The molecule has 0 saturated heterocycles. The van der Waals surface area contributed by atoms with Gasteiger partial charge in [-0.3, -0.25) is 4.79 Å². The number of carbonyl (C=O) groups is 1. The maximum atomic E-state index is 11.1. The van der Waals surface area contributed by atoms with Crippen molar-refractivity contribution in [1.82, 2.24) is 0 Å². The van der Waals surface area contributed by atoms with Gasteiger partial charge in [-0.25, -0.2) is 0 Å². The minimum Gasteiger partial charge on any atom is -0.493 e. The molecule has 1 amide bonds. The number of hydrogen-bond acceptors (Lipinski definition) is 2. The fraction of sp³-hybridized carbons (Fsp3) is 0.462. The Kier molecular flexibility index (Phi) is 3.93. The van der Waals surface area contributed by atoms with Gasteiger partial charge in [-0.2, -0.15) is 0 Å². The smallest absolute Gasteiger partial charge is 0.248 e. The van der Waals surface area contributed by atoms with Crippen molar-refractivity contribution < 1.29 is 9.53 Å². The van der Waals surface area contributed by atoms with E-state index < -0.39 is 5.91 Å². The average molecular weight is 221 g/mol. The summed E-state index contributed by atoms with van der Waals surface area (Å²) >= 11 is 0. The number of benzene rings is 1. The zero-order valence-electron chi connectivity index (χ0n) is 10.3. The highest BCUT2D eigenvalue weighted by atomic mass is 16.5. The van der Waals surface area contributed by atoms with Crippen molar-refractivity contribution in [1.29, 1.82) is 0 Å². The van der Waals surface area contributed by atoms with Gasteiger partial charge in [0.1, 0.15) is 5.75 Å². The molecule has 1 aromatic carbocycles. The predicted molar refractivity (Wildman–Crippen MR) is 64.8 cm³/mol. The van der Waals surface area contributed by atoms with Gasteiger partial charge >= 0.3 is 0 Å². The number of nitrogens with two attached hydrogens (primary N) is 1. The number of ether oxygens (including phenoxy) is 1. The summed E-state index contributed by atoms with van der Waals surface area (Å²) in [6, 6.07) is 3.53. The normalized spacial score (nSPS) is 10.6. The third-order valence-electron chi connectivity index (χ3n) is 2.58. The molecule has 0 saturated carbocycles. The van der Waals surface area contributed by atoms with Gasteiger partial charge in [-0.05, 0) is 43.0 Å². The molecule has 0 aliphatic rings. The van der Waals surface area contributed by atoms with E-state index in [1.165, 1.54) is 0 Å². The first-order chi connectivity index (χ1) is 7.43. The van der Waals surface area contributed by atoms with Crippen LogP contribution >= 0.6 is 0 Å². The molecule has 0 bridgehead atoms. The molecule has 0 unspecified atom stereocenters. The molecular formula is C13H19NO2. The SMILES string of the molecule is Cc1c(OCC(C)C)ccc(C(N)=O)c1C. The Balaban J connectivity index is 2.98. The van der Waals surface area contributed by atoms with Crippen LogP contribution < -0.4 is 10.5 Å². The van der Waals surface area contributed by atoms with Crippen molar-refractivity contribution in [3.63, 3.8) is 0 Å². The highest BCUT2D eigenvalue weighted by molar-refractivity contribution is 5.94. The first-order valence-electron chi connectivity index (χ1n) is 5.46. The summed E-state index contributed by atoms with van der Waals surface area (Å²) in [5.74, 6) is 0.919. The van der Waals surface area contributed by atoms with Gasteiger partial charge < -0.3 is 10.5 Å². The molecule has 1 rings (SSSR count). The van der Waals surface area contributed by atoms with Gasteiger partial charge in [0.2, 0.25) is 5.91 Å². The summed E-state index contributed by atoms with van der Waals surface area (Å²) in [5.41, 5.74) is 7.72. The lowest BCUT2D eigenvalue weighted by Gasteiger charge is -2.14. The predicted octanol–water partition coefficient (Wildman–Crippen LogP) is 2.44. The van der Waals surface area contributed by atoms with Crippen molar-refractivity contribution in [3.05, 3.63) is 28.8 Å². The van der Waals surface area contributed by atoms with Gasteiger partial charge in [0.05, 0.1) is 6.61 Å². The summed E-state index contributed by atoms with van der Waals surface area (Å²) < 4.78 is 5.66.